The molecule has 0 radical (unpaired) electrons. The van der Waals surface area contributed by atoms with Crippen molar-refractivity contribution in [2.24, 2.45) is 0 Å². The van der Waals surface area contributed by atoms with Crippen LogP contribution >= 0.6 is 23.5 Å². The van der Waals surface area contributed by atoms with Crippen molar-refractivity contribution in [3.05, 3.63) is 73.8 Å². The van der Waals surface area contributed by atoms with Crippen LogP contribution in [0.1, 0.15) is 6.92 Å². The van der Waals surface area contributed by atoms with Crippen molar-refractivity contribution in [3.8, 4) is 11.5 Å². The van der Waals surface area contributed by atoms with Crippen molar-refractivity contribution in [1.82, 2.24) is 0 Å². The van der Waals surface area contributed by atoms with Crippen molar-refractivity contribution in [3.63, 3.8) is 0 Å². The third-order valence-corrected chi connectivity index (χ3v) is 5.87. The van der Waals surface area contributed by atoms with Crippen molar-refractivity contribution >= 4 is 35.5 Å². The van der Waals surface area contributed by atoms with Crippen molar-refractivity contribution in [1.29, 1.82) is 0 Å². The number of rotatable bonds is 11. The second-order valence-electron chi connectivity index (χ2n) is 5.52. The molecule has 0 unspecified atom stereocenters. The number of carbonyl (C=O) groups is 2. The molecule has 0 heterocycles. The maximum Gasteiger partial charge on any atom is 0.335 e. The van der Waals surface area contributed by atoms with E-state index in [9.17, 15) is 9.59 Å². The highest BCUT2D eigenvalue weighted by molar-refractivity contribution is 8.17. The molecule has 0 fully saturated rings. The summed E-state index contributed by atoms with van der Waals surface area (Å²) in [5.41, 5.74) is 0. The topological polar surface area (TPSA) is 61.8 Å². The first-order valence-corrected chi connectivity index (χ1v) is 10.6. The Morgan fingerprint density at radius 1 is 0.862 bits per heavy atom. The fraction of sp³-hybridized carbons (Fsp3) is 0.182. The van der Waals surface area contributed by atoms with Gasteiger partial charge in [-0.3, -0.25) is 0 Å². The monoisotopic (exact) mass is 430 g/mol. The van der Waals surface area contributed by atoms with Crippen molar-refractivity contribution < 1.29 is 23.8 Å². The molecule has 0 amide bonds. The van der Waals surface area contributed by atoms with E-state index < -0.39 is 11.9 Å². The minimum Gasteiger partial charge on any atom is -0.423 e. The van der Waals surface area contributed by atoms with E-state index in [1.54, 1.807) is 47.8 Å². The summed E-state index contributed by atoms with van der Waals surface area (Å²) in [6.45, 7) is 9.91. The van der Waals surface area contributed by atoms with Gasteiger partial charge in [0.1, 0.15) is 11.5 Å². The van der Waals surface area contributed by atoms with Crippen molar-refractivity contribution in [2.75, 3.05) is 13.2 Å². The number of carbonyl (C=O) groups excluding carboxylic acids is 2. The van der Waals surface area contributed by atoms with Crippen LogP contribution in [0.3, 0.4) is 0 Å². The molecule has 5 nitrogen and oxygen atoms in total. The van der Waals surface area contributed by atoms with Crippen LogP contribution in [0.2, 0.25) is 0 Å². The molecule has 2 rings (SSSR count). The van der Waals surface area contributed by atoms with Crippen molar-refractivity contribution in [2.45, 2.75) is 21.3 Å². The van der Waals surface area contributed by atoms with Gasteiger partial charge in [-0.1, -0.05) is 13.2 Å². The van der Waals surface area contributed by atoms with Crippen LogP contribution in [0.15, 0.2) is 83.6 Å². The summed E-state index contributed by atoms with van der Waals surface area (Å²) in [5, 5.41) is 0. The van der Waals surface area contributed by atoms with Gasteiger partial charge < -0.3 is 14.2 Å². The van der Waals surface area contributed by atoms with E-state index in [0.717, 1.165) is 21.9 Å². The maximum atomic E-state index is 11.3. The molecule has 0 saturated carbocycles. The number of benzene rings is 2. The molecule has 2 aromatic carbocycles. The van der Waals surface area contributed by atoms with Gasteiger partial charge in [0, 0.05) is 28.5 Å². The Hall–Kier alpha value is -2.48. The molecule has 0 N–H and O–H groups in total. The average Bonchev–Trinajstić information content (AvgIpc) is 2.74. The molecule has 0 bridgehead atoms. The summed E-state index contributed by atoms with van der Waals surface area (Å²) in [6.07, 6.45) is 2.25. The highest BCUT2D eigenvalue weighted by Crippen LogP contribution is 2.37. The molecule has 0 aliphatic carbocycles. The van der Waals surface area contributed by atoms with Crippen LogP contribution in [0, 0.1) is 0 Å². The number of thioether (sulfide) groups is 2. The van der Waals surface area contributed by atoms with E-state index in [1.807, 2.05) is 31.2 Å². The molecule has 0 saturated heterocycles. The summed E-state index contributed by atoms with van der Waals surface area (Å²) in [5.74, 6) is -0.0364. The third-order valence-electron chi connectivity index (χ3n) is 3.41. The normalized spacial score (nSPS) is 10.4. The van der Waals surface area contributed by atoms with E-state index in [1.165, 1.54) is 0 Å². The van der Waals surface area contributed by atoms with E-state index >= 15 is 0 Å². The molecule has 0 atom stereocenters. The Labute approximate surface area is 179 Å². The highest BCUT2D eigenvalue weighted by Gasteiger charge is 2.14. The standard InChI is InChI=1S/C22H22O5S2/c1-4-20(23)26-16-7-11-18(12-8-16)28-22(15-25-6-3)29-19-13-9-17(10-14-19)27-21(24)5-2/h4-5,7-14,22H,1-2,6,15H2,3H3. The first kappa shape index (κ1) is 22.8. The van der Waals surface area contributed by atoms with Gasteiger partial charge in [-0.2, -0.15) is 0 Å². The second kappa shape index (κ2) is 12.2. The zero-order valence-corrected chi connectivity index (χ0v) is 17.7. The fourth-order valence-electron chi connectivity index (χ4n) is 2.10. The molecule has 29 heavy (non-hydrogen) atoms. The molecule has 0 aliphatic heterocycles. The summed E-state index contributed by atoms with van der Waals surface area (Å²) in [7, 11) is 0. The maximum absolute atomic E-state index is 11.3. The Morgan fingerprint density at radius 3 is 1.62 bits per heavy atom. The van der Waals surface area contributed by atoms with Crippen LogP contribution in [-0.4, -0.2) is 29.7 Å². The zero-order chi connectivity index (χ0) is 21.1. The lowest BCUT2D eigenvalue weighted by Crippen LogP contribution is -2.08. The van der Waals surface area contributed by atoms with E-state index in [-0.39, 0.29) is 4.58 Å². The van der Waals surface area contributed by atoms with Crippen LogP contribution in [0.25, 0.3) is 0 Å². The summed E-state index contributed by atoms with van der Waals surface area (Å²) < 4.78 is 15.9. The minimum atomic E-state index is -0.489. The summed E-state index contributed by atoms with van der Waals surface area (Å²) >= 11 is 3.31. The molecular weight excluding hydrogens is 408 g/mol. The number of hydrogen-bond donors (Lipinski definition) is 0. The Kier molecular flexibility index (Phi) is 9.56. The number of esters is 2. The molecule has 0 aromatic heterocycles. The molecule has 7 heteroatoms. The lowest BCUT2D eigenvalue weighted by atomic mass is 10.3. The molecule has 152 valence electrons. The minimum absolute atomic E-state index is 0.109. The quantitative estimate of drug-likeness (QED) is 0.161. The lowest BCUT2D eigenvalue weighted by Gasteiger charge is -2.16. The van der Waals surface area contributed by atoms with Gasteiger partial charge in [0.05, 0.1) is 11.2 Å². The van der Waals surface area contributed by atoms with Crippen LogP contribution < -0.4 is 9.47 Å². The van der Waals surface area contributed by atoms with Gasteiger partial charge in [0.25, 0.3) is 0 Å². The first-order valence-electron chi connectivity index (χ1n) is 8.83. The van der Waals surface area contributed by atoms with E-state index in [4.69, 9.17) is 14.2 Å². The predicted octanol–water partition coefficient (Wildman–Crippen LogP) is 5.12. The van der Waals surface area contributed by atoms with Gasteiger partial charge in [0.2, 0.25) is 0 Å². The number of hydrogen-bond acceptors (Lipinski definition) is 7. The van der Waals surface area contributed by atoms with E-state index in [2.05, 4.69) is 13.2 Å². The van der Waals surface area contributed by atoms with Gasteiger partial charge in [-0.05, 0) is 55.5 Å². The van der Waals surface area contributed by atoms with Gasteiger partial charge in [0.15, 0.2) is 0 Å². The SMILES string of the molecule is C=CC(=O)Oc1ccc(SC(COCC)Sc2ccc(OC(=O)C=C)cc2)cc1. The highest BCUT2D eigenvalue weighted by atomic mass is 32.2. The Morgan fingerprint density at radius 2 is 1.28 bits per heavy atom. The third kappa shape index (κ3) is 8.19. The zero-order valence-electron chi connectivity index (χ0n) is 16.0. The van der Waals surface area contributed by atoms with E-state index in [0.29, 0.717) is 24.7 Å². The molecule has 2 aromatic rings. The van der Waals surface area contributed by atoms with Gasteiger partial charge >= 0.3 is 11.9 Å². The first-order chi connectivity index (χ1) is 14.0. The molecule has 0 spiro atoms. The summed E-state index contributed by atoms with van der Waals surface area (Å²) in [6, 6.07) is 14.6. The molecular formula is C22H22O5S2. The Balaban J connectivity index is 2.01. The van der Waals surface area contributed by atoms with Gasteiger partial charge in [-0.15, -0.1) is 23.5 Å². The largest absolute Gasteiger partial charge is 0.423 e. The lowest BCUT2D eigenvalue weighted by molar-refractivity contribution is -0.129. The number of ether oxygens (including phenoxy) is 3. The van der Waals surface area contributed by atoms with Gasteiger partial charge in [-0.25, -0.2) is 9.59 Å². The summed E-state index contributed by atoms with van der Waals surface area (Å²) in [4.78, 5) is 24.6. The van der Waals surface area contributed by atoms with Crippen LogP contribution in [0.5, 0.6) is 11.5 Å². The second-order valence-corrected chi connectivity index (χ2v) is 8.37. The average molecular weight is 431 g/mol. The molecule has 0 aliphatic rings. The van der Waals surface area contributed by atoms with Crippen LogP contribution in [0.4, 0.5) is 0 Å². The fourth-order valence-corrected chi connectivity index (χ4v) is 4.48. The predicted molar refractivity (Wildman–Crippen MR) is 117 cm³/mol. The Bertz CT molecular complexity index is 764. The smallest absolute Gasteiger partial charge is 0.335 e. The van der Waals surface area contributed by atoms with Crippen LogP contribution in [-0.2, 0) is 14.3 Å².